The molecule has 1 aliphatic rings. The summed E-state index contributed by atoms with van der Waals surface area (Å²) in [4.78, 5) is 24.6. The van der Waals surface area contributed by atoms with Crippen LogP contribution in [0.1, 0.15) is 18.9 Å². The SMILES string of the molecule is C[C@@]1(C(=O)O)C[C@](O)(CO)CN1C(=O)OCc1ccccc1. The molecule has 7 heteroatoms. The number of carboxylic acid groups (broad SMARTS) is 1. The van der Waals surface area contributed by atoms with Crippen LogP contribution in [0.2, 0.25) is 0 Å². The zero-order valence-corrected chi connectivity index (χ0v) is 12.2. The van der Waals surface area contributed by atoms with Crippen LogP contribution in [0, 0.1) is 0 Å². The summed E-state index contributed by atoms with van der Waals surface area (Å²) in [6, 6.07) is 8.97. The molecule has 1 saturated heterocycles. The van der Waals surface area contributed by atoms with Crippen LogP contribution in [0.25, 0.3) is 0 Å². The number of hydrogen-bond donors (Lipinski definition) is 3. The summed E-state index contributed by atoms with van der Waals surface area (Å²) in [6.07, 6.45) is -1.09. The number of β-amino-alcohol motifs (C(OH)–C–C–N with tert-alkyl or cyclic N) is 1. The molecule has 2 atom stereocenters. The third-order valence-corrected chi connectivity index (χ3v) is 3.90. The minimum absolute atomic E-state index is 0.00340. The van der Waals surface area contributed by atoms with E-state index in [9.17, 15) is 24.9 Å². The molecule has 0 unspecified atom stereocenters. The third-order valence-electron chi connectivity index (χ3n) is 3.90. The number of amides is 1. The van der Waals surface area contributed by atoms with Crippen molar-refractivity contribution in [3.05, 3.63) is 35.9 Å². The molecular weight excluding hydrogens is 290 g/mol. The number of carbonyl (C=O) groups is 2. The van der Waals surface area contributed by atoms with Gasteiger partial charge in [-0.05, 0) is 12.5 Å². The van der Waals surface area contributed by atoms with E-state index in [4.69, 9.17) is 4.74 Å². The van der Waals surface area contributed by atoms with Crippen molar-refractivity contribution in [2.75, 3.05) is 13.2 Å². The second kappa shape index (κ2) is 5.94. The average molecular weight is 309 g/mol. The summed E-state index contributed by atoms with van der Waals surface area (Å²) >= 11 is 0. The largest absolute Gasteiger partial charge is 0.480 e. The van der Waals surface area contributed by atoms with Crippen molar-refractivity contribution in [3.8, 4) is 0 Å². The molecule has 7 nitrogen and oxygen atoms in total. The van der Waals surface area contributed by atoms with Gasteiger partial charge < -0.3 is 20.1 Å². The van der Waals surface area contributed by atoms with E-state index in [1.165, 1.54) is 6.92 Å². The van der Waals surface area contributed by atoms with E-state index in [1.54, 1.807) is 24.3 Å². The topological polar surface area (TPSA) is 107 Å². The molecule has 1 aromatic rings. The molecule has 0 bridgehead atoms. The minimum atomic E-state index is -1.64. The highest BCUT2D eigenvalue weighted by atomic mass is 16.6. The van der Waals surface area contributed by atoms with Gasteiger partial charge >= 0.3 is 12.1 Å². The molecule has 0 saturated carbocycles. The number of aliphatic carboxylic acids is 1. The monoisotopic (exact) mass is 309 g/mol. The molecule has 0 radical (unpaired) electrons. The van der Waals surface area contributed by atoms with Crippen LogP contribution in [-0.2, 0) is 16.1 Å². The van der Waals surface area contributed by atoms with Crippen molar-refractivity contribution in [2.45, 2.75) is 31.1 Å². The number of nitrogens with zero attached hydrogens (tertiary/aromatic N) is 1. The van der Waals surface area contributed by atoms with Crippen molar-refractivity contribution in [1.82, 2.24) is 4.90 Å². The molecule has 0 aromatic heterocycles. The van der Waals surface area contributed by atoms with Crippen molar-refractivity contribution in [2.24, 2.45) is 0 Å². The van der Waals surface area contributed by atoms with E-state index >= 15 is 0 Å². The predicted molar refractivity (Wildman–Crippen MR) is 76.0 cm³/mol. The van der Waals surface area contributed by atoms with E-state index in [1.807, 2.05) is 6.07 Å². The number of carboxylic acids is 1. The maximum Gasteiger partial charge on any atom is 0.411 e. The fourth-order valence-corrected chi connectivity index (χ4v) is 2.62. The summed E-state index contributed by atoms with van der Waals surface area (Å²) in [5.74, 6) is -1.26. The van der Waals surface area contributed by atoms with E-state index in [-0.39, 0.29) is 19.6 Å². The van der Waals surface area contributed by atoms with Gasteiger partial charge in [-0.2, -0.15) is 0 Å². The summed E-state index contributed by atoms with van der Waals surface area (Å²) in [5.41, 5.74) is -2.49. The summed E-state index contributed by atoms with van der Waals surface area (Å²) in [5, 5.41) is 28.7. The number of aliphatic hydroxyl groups excluding tert-OH is 1. The molecule has 1 aromatic carbocycles. The summed E-state index contributed by atoms with van der Waals surface area (Å²) in [6.45, 7) is 0.411. The van der Waals surface area contributed by atoms with Crippen LogP contribution in [-0.4, -0.2) is 56.6 Å². The van der Waals surface area contributed by atoms with Gasteiger partial charge in [-0.15, -0.1) is 0 Å². The molecule has 1 amide bonds. The molecular formula is C15H19NO6. The first-order valence-corrected chi connectivity index (χ1v) is 6.86. The lowest BCUT2D eigenvalue weighted by atomic mass is 9.92. The van der Waals surface area contributed by atoms with Crippen molar-refractivity contribution >= 4 is 12.1 Å². The Labute approximate surface area is 127 Å². The Morgan fingerprint density at radius 2 is 1.95 bits per heavy atom. The van der Waals surface area contributed by atoms with Crippen LogP contribution in [0.5, 0.6) is 0 Å². The first kappa shape index (κ1) is 16.3. The molecule has 1 heterocycles. The van der Waals surface area contributed by atoms with Crippen LogP contribution in [0.15, 0.2) is 30.3 Å². The minimum Gasteiger partial charge on any atom is -0.480 e. The van der Waals surface area contributed by atoms with Crippen molar-refractivity contribution < 1.29 is 29.6 Å². The van der Waals surface area contributed by atoms with E-state index in [0.29, 0.717) is 0 Å². The maximum atomic E-state index is 12.2. The van der Waals surface area contributed by atoms with Crippen molar-refractivity contribution in [3.63, 3.8) is 0 Å². The van der Waals surface area contributed by atoms with Gasteiger partial charge in [0, 0.05) is 6.42 Å². The Morgan fingerprint density at radius 1 is 1.32 bits per heavy atom. The number of benzene rings is 1. The van der Waals surface area contributed by atoms with Gasteiger partial charge in [-0.1, -0.05) is 30.3 Å². The van der Waals surface area contributed by atoms with Crippen molar-refractivity contribution in [1.29, 1.82) is 0 Å². The van der Waals surface area contributed by atoms with Gasteiger partial charge in [-0.25, -0.2) is 9.59 Å². The van der Waals surface area contributed by atoms with E-state index < -0.39 is 29.8 Å². The zero-order chi connectivity index (χ0) is 16.4. The second-order valence-corrected chi connectivity index (χ2v) is 5.76. The molecule has 0 spiro atoms. The number of carbonyl (C=O) groups excluding carboxylic acids is 1. The Bertz CT molecular complexity index is 562. The fraction of sp³-hybridized carbons (Fsp3) is 0.467. The number of rotatable bonds is 4. The highest BCUT2D eigenvalue weighted by molar-refractivity contribution is 5.85. The molecule has 2 rings (SSSR count). The standard InChI is InChI=1S/C15H19NO6/c1-14(12(18)19)8-15(21,10-17)9-16(14)13(20)22-7-11-5-3-2-4-6-11/h2-6,17,21H,7-10H2,1H3,(H,18,19)/t14-,15+/m0/s1. The predicted octanol–water partition coefficient (Wildman–Crippen LogP) is 0.596. The second-order valence-electron chi connectivity index (χ2n) is 5.76. The molecule has 22 heavy (non-hydrogen) atoms. The van der Waals surface area contributed by atoms with E-state index in [2.05, 4.69) is 0 Å². The average Bonchev–Trinajstić information content (AvgIpc) is 2.80. The molecule has 3 N–H and O–H groups in total. The van der Waals surface area contributed by atoms with Crippen LogP contribution < -0.4 is 0 Å². The van der Waals surface area contributed by atoms with Crippen LogP contribution in [0.4, 0.5) is 4.79 Å². The molecule has 0 aliphatic carbocycles. The number of likely N-dealkylation sites (tertiary alicyclic amines) is 1. The van der Waals surface area contributed by atoms with Crippen LogP contribution in [0.3, 0.4) is 0 Å². The molecule has 120 valence electrons. The first-order valence-electron chi connectivity index (χ1n) is 6.86. The first-order chi connectivity index (χ1) is 10.3. The third kappa shape index (κ3) is 3.05. The maximum absolute atomic E-state index is 12.2. The summed E-state index contributed by atoms with van der Waals surface area (Å²) < 4.78 is 5.13. The Morgan fingerprint density at radius 3 is 2.50 bits per heavy atom. The number of hydrogen-bond acceptors (Lipinski definition) is 5. The smallest absolute Gasteiger partial charge is 0.411 e. The van der Waals surface area contributed by atoms with Crippen LogP contribution >= 0.6 is 0 Å². The Kier molecular flexibility index (Phi) is 4.39. The number of ether oxygens (including phenoxy) is 1. The van der Waals surface area contributed by atoms with Gasteiger partial charge in [0.15, 0.2) is 0 Å². The summed E-state index contributed by atoms with van der Waals surface area (Å²) in [7, 11) is 0. The molecule has 1 aliphatic heterocycles. The lowest BCUT2D eigenvalue weighted by Gasteiger charge is -2.29. The fourth-order valence-electron chi connectivity index (χ4n) is 2.62. The Hall–Kier alpha value is -2.12. The lowest BCUT2D eigenvalue weighted by Crippen LogP contribution is -2.50. The lowest BCUT2D eigenvalue weighted by molar-refractivity contribution is -0.148. The Balaban J connectivity index is 2.11. The van der Waals surface area contributed by atoms with Gasteiger partial charge in [0.05, 0.1) is 13.2 Å². The van der Waals surface area contributed by atoms with E-state index in [0.717, 1.165) is 10.5 Å². The normalized spacial score (nSPS) is 27.7. The van der Waals surface area contributed by atoms with Gasteiger partial charge in [0.25, 0.3) is 0 Å². The molecule has 1 fully saturated rings. The highest BCUT2D eigenvalue weighted by Crippen LogP contribution is 2.36. The zero-order valence-electron chi connectivity index (χ0n) is 12.2. The van der Waals surface area contributed by atoms with Gasteiger partial charge in [0.1, 0.15) is 17.7 Å². The van der Waals surface area contributed by atoms with Gasteiger partial charge in [0.2, 0.25) is 0 Å². The quantitative estimate of drug-likeness (QED) is 0.751. The van der Waals surface area contributed by atoms with Gasteiger partial charge in [-0.3, -0.25) is 4.90 Å². The number of aliphatic hydroxyl groups is 2. The highest BCUT2D eigenvalue weighted by Gasteiger charge is 2.56.